The molecule has 1 aliphatic rings. The van der Waals surface area contributed by atoms with Gasteiger partial charge in [-0.2, -0.15) is 13.2 Å². The summed E-state index contributed by atoms with van der Waals surface area (Å²) in [6.45, 7) is 0.863. The molecule has 0 aliphatic carbocycles. The third-order valence-electron chi connectivity index (χ3n) is 5.35. The van der Waals surface area contributed by atoms with Gasteiger partial charge in [0.25, 0.3) is 0 Å². The van der Waals surface area contributed by atoms with Crippen LogP contribution in [0, 0.1) is 0 Å². The van der Waals surface area contributed by atoms with Crippen molar-refractivity contribution in [2.24, 2.45) is 0 Å². The van der Waals surface area contributed by atoms with E-state index in [1.165, 1.54) is 22.7 Å². The summed E-state index contributed by atoms with van der Waals surface area (Å²) in [6, 6.07) is 10.6. The fourth-order valence-electron chi connectivity index (χ4n) is 3.82. The first kappa shape index (κ1) is 19.9. The molecule has 5 nitrogen and oxygen atoms in total. The van der Waals surface area contributed by atoms with Gasteiger partial charge in [-0.15, -0.1) is 0 Å². The molecule has 0 saturated carbocycles. The highest BCUT2D eigenvalue weighted by Gasteiger charge is 2.31. The van der Waals surface area contributed by atoms with Crippen LogP contribution in [-0.2, 0) is 16.2 Å². The molecule has 0 atom stereocenters. The quantitative estimate of drug-likeness (QED) is 0.636. The zero-order valence-corrected chi connectivity index (χ0v) is 16.5. The van der Waals surface area contributed by atoms with Crippen molar-refractivity contribution in [2.45, 2.75) is 24.9 Å². The highest BCUT2D eigenvalue weighted by atomic mass is 32.2. The van der Waals surface area contributed by atoms with E-state index < -0.39 is 21.8 Å². The van der Waals surface area contributed by atoms with Crippen LogP contribution < -0.4 is 0 Å². The Labute approximate surface area is 166 Å². The number of sulfonamides is 1. The molecular weight excluding hydrogens is 403 g/mol. The van der Waals surface area contributed by atoms with E-state index in [-0.39, 0.29) is 5.92 Å². The van der Waals surface area contributed by atoms with Crippen LogP contribution in [-0.4, -0.2) is 41.5 Å². The molecular formula is C20H20F3N3O2S. The number of nitrogens with zero attached hydrogens (tertiary/aromatic N) is 3. The molecule has 0 N–H and O–H groups in total. The Morgan fingerprint density at radius 1 is 1.03 bits per heavy atom. The van der Waals surface area contributed by atoms with Crippen LogP contribution >= 0.6 is 0 Å². The monoisotopic (exact) mass is 423 g/mol. The molecule has 0 amide bonds. The number of pyridine rings is 1. The van der Waals surface area contributed by atoms with Crippen LogP contribution in [0.2, 0.25) is 0 Å². The summed E-state index contributed by atoms with van der Waals surface area (Å²) in [5.41, 5.74) is 1.35. The van der Waals surface area contributed by atoms with Gasteiger partial charge < -0.3 is 4.40 Å². The second kappa shape index (κ2) is 7.14. The summed E-state index contributed by atoms with van der Waals surface area (Å²) in [5, 5.41) is 0. The van der Waals surface area contributed by atoms with Gasteiger partial charge >= 0.3 is 6.18 Å². The lowest BCUT2D eigenvalue weighted by atomic mass is 9.97. The van der Waals surface area contributed by atoms with Crippen LogP contribution in [0.1, 0.15) is 30.1 Å². The third kappa shape index (κ3) is 3.89. The highest BCUT2D eigenvalue weighted by Crippen LogP contribution is 2.35. The topological polar surface area (TPSA) is 54.7 Å². The average Bonchev–Trinajstić information content (AvgIpc) is 3.07. The fraction of sp³-hybridized carbons (Fsp3) is 0.350. The highest BCUT2D eigenvalue weighted by molar-refractivity contribution is 7.88. The van der Waals surface area contributed by atoms with Crippen LogP contribution in [0.4, 0.5) is 13.2 Å². The number of piperidine rings is 1. The number of halogens is 3. The molecule has 29 heavy (non-hydrogen) atoms. The normalized spacial score (nSPS) is 17.1. The number of alkyl halides is 3. The van der Waals surface area contributed by atoms with Gasteiger partial charge in [-0.05, 0) is 37.1 Å². The minimum Gasteiger partial charge on any atom is -0.303 e. The number of benzene rings is 1. The first-order valence-corrected chi connectivity index (χ1v) is 11.1. The Kier molecular flexibility index (Phi) is 4.90. The SMILES string of the molecule is CS(=O)(=O)N1CCC(c2nc(-c3ccc(C(F)(F)F)cc3)c3ccccn23)CC1. The molecule has 9 heteroatoms. The van der Waals surface area contributed by atoms with Crippen molar-refractivity contribution >= 4 is 15.5 Å². The van der Waals surface area contributed by atoms with E-state index in [2.05, 4.69) is 0 Å². The van der Waals surface area contributed by atoms with Gasteiger partial charge in [0.05, 0.1) is 23.0 Å². The summed E-state index contributed by atoms with van der Waals surface area (Å²) < 4.78 is 65.5. The predicted octanol–water partition coefficient (Wildman–Crippen LogP) is 4.16. The summed E-state index contributed by atoms with van der Waals surface area (Å²) in [6.07, 6.45) is 0.00372. The molecule has 0 bridgehead atoms. The molecule has 154 valence electrons. The number of rotatable bonds is 3. The Morgan fingerprint density at radius 2 is 1.69 bits per heavy atom. The van der Waals surface area contributed by atoms with E-state index in [4.69, 9.17) is 4.98 Å². The zero-order valence-electron chi connectivity index (χ0n) is 15.7. The molecule has 4 rings (SSSR count). The molecule has 1 aromatic carbocycles. The van der Waals surface area contributed by atoms with Gasteiger partial charge in [0.1, 0.15) is 5.82 Å². The van der Waals surface area contributed by atoms with Gasteiger partial charge in [-0.3, -0.25) is 0 Å². The van der Waals surface area contributed by atoms with E-state index in [1.807, 2.05) is 28.8 Å². The summed E-state index contributed by atoms with van der Waals surface area (Å²) in [5.74, 6) is 0.884. The first-order valence-electron chi connectivity index (χ1n) is 9.24. The predicted molar refractivity (Wildman–Crippen MR) is 104 cm³/mol. The second-order valence-electron chi connectivity index (χ2n) is 7.29. The maximum atomic E-state index is 12.9. The molecule has 1 fully saturated rings. The number of fused-ring (bicyclic) bond motifs is 1. The van der Waals surface area contributed by atoms with Crippen molar-refractivity contribution in [2.75, 3.05) is 19.3 Å². The number of aromatic nitrogens is 2. The molecule has 0 spiro atoms. The Hall–Kier alpha value is -2.39. The van der Waals surface area contributed by atoms with Crippen molar-refractivity contribution in [3.63, 3.8) is 0 Å². The molecule has 3 aromatic rings. The summed E-state index contributed by atoms with van der Waals surface area (Å²) >= 11 is 0. The van der Waals surface area contributed by atoms with E-state index in [9.17, 15) is 21.6 Å². The van der Waals surface area contributed by atoms with Gasteiger partial charge in [-0.25, -0.2) is 17.7 Å². The second-order valence-corrected chi connectivity index (χ2v) is 9.27. The Bertz CT molecular complexity index is 1130. The minimum atomic E-state index is -4.38. The number of imidazole rings is 1. The average molecular weight is 423 g/mol. The first-order chi connectivity index (χ1) is 13.6. The lowest BCUT2D eigenvalue weighted by Gasteiger charge is -2.29. The van der Waals surface area contributed by atoms with Crippen molar-refractivity contribution < 1.29 is 21.6 Å². The minimum absolute atomic E-state index is 0.0751. The van der Waals surface area contributed by atoms with Crippen molar-refractivity contribution in [3.05, 3.63) is 60.0 Å². The molecule has 0 radical (unpaired) electrons. The van der Waals surface area contributed by atoms with Crippen LogP contribution in [0.15, 0.2) is 48.7 Å². The fourth-order valence-corrected chi connectivity index (χ4v) is 4.70. The molecule has 1 saturated heterocycles. The molecule has 0 unspecified atom stereocenters. The Balaban J connectivity index is 1.70. The Morgan fingerprint density at radius 3 is 2.28 bits per heavy atom. The molecule has 3 heterocycles. The standard InChI is InChI=1S/C20H20F3N3O2S/c1-29(27,28)25-12-9-15(10-13-25)19-24-18(17-4-2-3-11-26(17)19)14-5-7-16(8-6-14)20(21,22)23/h2-8,11,15H,9-10,12-13H2,1H3. The van der Waals surface area contributed by atoms with Crippen LogP contribution in [0.3, 0.4) is 0 Å². The summed E-state index contributed by atoms with van der Waals surface area (Å²) in [7, 11) is -3.21. The van der Waals surface area contributed by atoms with E-state index in [1.54, 1.807) is 0 Å². The van der Waals surface area contributed by atoms with Crippen LogP contribution in [0.5, 0.6) is 0 Å². The third-order valence-corrected chi connectivity index (χ3v) is 6.65. The lowest BCUT2D eigenvalue weighted by Crippen LogP contribution is -2.37. The molecule has 1 aliphatic heterocycles. The maximum absolute atomic E-state index is 12.9. The van der Waals surface area contributed by atoms with Crippen molar-refractivity contribution in [1.29, 1.82) is 0 Å². The van der Waals surface area contributed by atoms with Gasteiger partial charge in [-0.1, -0.05) is 18.2 Å². The van der Waals surface area contributed by atoms with Gasteiger partial charge in [0.15, 0.2) is 0 Å². The smallest absolute Gasteiger partial charge is 0.303 e. The maximum Gasteiger partial charge on any atom is 0.416 e. The number of hydrogen-bond donors (Lipinski definition) is 0. The zero-order chi connectivity index (χ0) is 20.8. The van der Waals surface area contributed by atoms with Crippen LogP contribution in [0.25, 0.3) is 16.8 Å². The van der Waals surface area contributed by atoms with Crippen molar-refractivity contribution in [3.8, 4) is 11.3 Å². The summed E-state index contributed by atoms with van der Waals surface area (Å²) in [4.78, 5) is 4.78. The largest absolute Gasteiger partial charge is 0.416 e. The van der Waals surface area contributed by atoms with E-state index >= 15 is 0 Å². The van der Waals surface area contributed by atoms with Gasteiger partial charge in [0.2, 0.25) is 10.0 Å². The van der Waals surface area contributed by atoms with Gasteiger partial charge in [0, 0.05) is 30.8 Å². The molecule has 2 aromatic heterocycles. The lowest BCUT2D eigenvalue weighted by molar-refractivity contribution is -0.137. The van der Waals surface area contributed by atoms with E-state index in [0.717, 1.165) is 23.5 Å². The number of hydrogen-bond acceptors (Lipinski definition) is 3. The van der Waals surface area contributed by atoms with E-state index in [0.29, 0.717) is 37.2 Å². The van der Waals surface area contributed by atoms with Crippen molar-refractivity contribution in [1.82, 2.24) is 13.7 Å².